The summed E-state index contributed by atoms with van der Waals surface area (Å²) >= 11 is 6.14. The van der Waals surface area contributed by atoms with Crippen molar-refractivity contribution in [3.05, 3.63) is 34.3 Å². The van der Waals surface area contributed by atoms with Crippen LogP contribution in [0.15, 0.2) is 18.2 Å². The third kappa shape index (κ3) is 2.49. The highest BCUT2D eigenvalue weighted by Crippen LogP contribution is 2.27. The van der Waals surface area contributed by atoms with E-state index < -0.39 is 0 Å². The minimum absolute atomic E-state index is 0.161. The van der Waals surface area contributed by atoms with Crippen molar-refractivity contribution in [3.63, 3.8) is 0 Å². The van der Waals surface area contributed by atoms with Crippen LogP contribution in [0.1, 0.15) is 43.7 Å². The molecule has 0 fully saturated rings. The van der Waals surface area contributed by atoms with Gasteiger partial charge < -0.3 is 5.11 Å². The second-order valence-corrected chi connectivity index (χ2v) is 4.43. The summed E-state index contributed by atoms with van der Waals surface area (Å²) in [6.07, 6.45) is 0. The molecule has 1 rings (SSSR count). The molecule has 0 amide bonds. The third-order valence-corrected chi connectivity index (χ3v) is 2.82. The van der Waals surface area contributed by atoms with Gasteiger partial charge >= 0.3 is 0 Å². The lowest BCUT2D eigenvalue weighted by molar-refractivity contribution is 0.273. The Morgan fingerprint density at radius 2 is 1.93 bits per heavy atom. The molecule has 0 saturated heterocycles. The molecule has 0 aliphatic rings. The largest absolute Gasteiger partial charge is 0.396 e. The fourth-order valence-corrected chi connectivity index (χ4v) is 1.83. The molecule has 78 valence electrons. The number of hydrogen-bond acceptors (Lipinski definition) is 1. The molecule has 1 atom stereocenters. The van der Waals surface area contributed by atoms with Gasteiger partial charge in [0.1, 0.15) is 0 Å². The molecule has 0 bridgehead atoms. The van der Waals surface area contributed by atoms with Gasteiger partial charge in [-0.15, -0.1) is 0 Å². The van der Waals surface area contributed by atoms with E-state index in [0.29, 0.717) is 5.92 Å². The van der Waals surface area contributed by atoms with E-state index >= 15 is 0 Å². The van der Waals surface area contributed by atoms with Gasteiger partial charge in [0.25, 0.3) is 0 Å². The lowest BCUT2D eigenvalue weighted by atomic mass is 9.97. The summed E-state index contributed by atoms with van der Waals surface area (Å²) in [7, 11) is 0. The molecule has 0 aliphatic carbocycles. The van der Waals surface area contributed by atoms with E-state index in [9.17, 15) is 0 Å². The van der Waals surface area contributed by atoms with Gasteiger partial charge in [0, 0.05) is 17.5 Å². The number of aliphatic hydroxyl groups is 1. The average Bonchev–Trinajstić information content (AvgIpc) is 2.15. The van der Waals surface area contributed by atoms with E-state index in [-0.39, 0.29) is 12.5 Å². The Kier molecular flexibility index (Phi) is 3.97. The zero-order valence-corrected chi connectivity index (χ0v) is 9.67. The van der Waals surface area contributed by atoms with E-state index in [2.05, 4.69) is 19.9 Å². The van der Waals surface area contributed by atoms with E-state index in [1.807, 2.05) is 19.1 Å². The molecule has 0 heterocycles. The maximum atomic E-state index is 9.01. The summed E-state index contributed by atoms with van der Waals surface area (Å²) in [6, 6.07) is 6.05. The van der Waals surface area contributed by atoms with Crippen LogP contribution in [0.5, 0.6) is 0 Å². The summed E-state index contributed by atoms with van der Waals surface area (Å²) in [6.45, 7) is 6.39. The van der Waals surface area contributed by atoms with Crippen LogP contribution in [-0.2, 0) is 0 Å². The van der Waals surface area contributed by atoms with E-state index in [0.717, 1.165) is 10.6 Å². The maximum absolute atomic E-state index is 9.01. The van der Waals surface area contributed by atoms with Crippen molar-refractivity contribution in [1.82, 2.24) is 0 Å². The Morgan fingerprint density at radius 1 is 1.29 bits per heavy atom. The van der Waals surface area contributed by atoms with Gasteiger partial charge in [0.2, 0.25) is 0 Å². The highest BCUT2D eigenvalue weighted by atomic mass is 35.5. The molecule has 0 radical (unpaired) electrons. The minimum atomic E-state index is 0.161. The first-order chi connectivity index (χ1) is 6.56. The van der Waals surface area contributed by atoms with Crippen molar-refractivity contribution in [1.29, 1.82) is 0 Å². The highest BCUT2D eigenvalue weighted by Gasteiger charge is 2.09. The first kappa shape index (κ1) is 11.5. The molecule has 0 saturated carbocycles. The van der Waals surface area contributed by atoms with Crippen LogP contribution in [0.2, 0.25) is 5.02 Å². The van der Waals surface area contributed by atoms with Crippen molar-refractivity contribution in [2.45, 2.75) is 32.6 Å². The fraction of sp³-hybridized carbons (Fsp3) is 0.500. The smallest absolute Gasteiger partial charge is 0.0497 e. The van der Waals surface area contributed by atoms with Gasteiger partial charge in [-0.1, -0.05) is 44.5 Å². The average molecular weight is 213 g/mol. The molecule has 0 spiro atoms. The van der Waals surface area contributed by atoms with Gasteiger partial charge in [-0.2, -0.15) is 0 Å². The standard InChI is InChI=1S/C12H17ClO/c1-8(2)11-5-4-10(6-12(11)13)9(3)7-14/h4-6,8-9,14H,7H2,1-3H3. The van der Waals surface area contributed by atoms with Gasteiger partial charge in [0.15, 0.2) is 0 Å². The summed E-state index contributed by atoms with van der Waals surface area (Å²) in [5.41, 5.74) is 2.27. The van der Waals surface area contributed by atoms with Gasteiger partial charge in [0.05, 0.1) is 0 Å². The van der Waals surface area contributed by atoms with Crippen LogP contribution < -0.4 is 0 Å². The predicted molar refractivity (Wildman–Crippen MR) is 61.0 cm³/mol. The molecular weight excluding hydrogens is 196 g/mol. The van der Waals surface area contributed by atoms with E-state index in [4.69, 9.17) is 16.7 Å². The second-order valence-electron chi connectivity index (χ2n) is 4.02. The molecule has 1 aromatic rings. The van der Waals surface area contributed by atoms with Crippen LogP contribution in [0.4, 0.5) is 0 Å². The number of hydrogen-bond donors (Lipinski definition) is 1. The Morgan fingerprint density at radius 3 is 2.36 bits per heavy atom. The summed E-state index contributed by atoms with van der Waals surface area (Å²) in [5, 5.41) is 9.82. The van der Waals surface area contributed by atoms with Crippen molar-refractivity contribution in [2.24, 2.45) is 0 Å². The molecule has 14 heavy (non-hydrogen) atoms. The zero-order chi connectivity index (χ0) is 10.7. The Balaban J connectivity index is 3.00. The lowest BCUT2D eigenvalue weighted by Gasteiger charge is -2.13. The minimum Gasteiger partial charge on any atom is -0.396 e. The van der Waals surface area contributed by atoms with Crippen LogP contribution >= 0.6 is 11.6 Å². The van der Waals surface area contributed by atoms with Crippen molar-refractivity contribution in [2.75, 3.05) is 6.61 Å². The van der Waals surface area contributed by atoms with Gasteiger partial charge in [-0.05, 0) is 23.1 Å². The monoisotopic (exact) mass is 212 g/mol. The van der Waals surface area contributed by atoms with Crippen LogP contribution in [-0.4, -0.2) is 11.7 Å². The van der Waals surface area contributed by atoms with Crippen LogP contribution in [0.25, 0.3) is 0 Å². The van der Waals surface area contributed by atoms with Crippen molar-refractivity contribution >= 4 is 11.6 Å². The topological polar surface area (TPSA) is 20.2 Å². The van der Waals surface area contributed by atoms with E-state index in [1.54, 1.807) is 0 Å². The Bertz CT molecular complexity index is 307. The SMILES string of the molecule is CC(C)c1ccc(C(C)CO)cc1Cl. The molecule has 1 N–H and O–H groups in total. The summed E-state index contributed by atoms with van der Waals surface area (Å²) < 4.78 is 0. The van der Waals surface area contributed by atoms with Gasteiger partial charge in [-0.3, -0.25) is 0 Å². The molecule has 2 heteroatoms. The van der Waals surface area contributed by atoms with Crippen LogP contribution in [0, 0.1) is 0 Å². The predicted octanol–water partition coefficient (Wildman–Crippen LogP) is 3.56. The fourth-order valence-electron chi connectivity index (χ4n) is 1.42. The van der Waals surface area contributed by atoms with Crippen molar-refractivity contribution in [3.8, 4) is 0 Å². The number of rotatable bonds is 3. The van der Waals surface area contributed by atoms with Crippen molar-refractivity contribution < 1.29 is 5.11 Å². The molecular formula is C12H17ClO. The lowest BCUT2D eigenvalue weighted by Crippen LogP contribution is -2.00. The second kappa shape index (κ2) is 4.81. The third-order valence-electron chi connectivity index (χ3n) is 2.49. The molecule has 0 aromatic heterocycles. The highest BCUT2D eigenvalue weighted by molar-refractivity contribution is 6.31. The summed E-state index contributed by atoms with van der Waals surface area (Å²) in [5.74, 6) is 0.606. The number of aliphatic hydroxyl groups excluding tert-OH is 1. The number of benzene rings is 1. The van der Waals surface area contributed by atoms with Gasteiger partial charge in [-0.25, -0.2) is 0 Å². The summed E-state index contributed by atoms with van der Waals surface area (Å²) in [4.78, 5) is 0. The Labute approximate surface area is 90.7 Å². The quantitative estimate of drug-likeness (QED) is 0.813. The molecule has 1 unspecified atom stereocenters. The first-order valence-electron chi connectivity index (χ1n) is 4.96. The molecule has 1 aromatic carbocycles. The first-order valence-corrected chi connectivity index (χ1v) is 5.34. The van der Waals surface area contributed by atoms with Crippen LogP contribution in [0.3, 0.4) is 0 Å². The maximum Gasteiger partial charge on any atom is 0.0497 e. The number of halogens is 1. The van der Waals surface area contributed by atoms with E-state index in [1.165, 1.54) is 5.56 Å². The Hall–Kier alpha value is -0.530. The zero-order valence-electron chi connectivity index (χ0n) is 8.92. The molecule has 1 nitrogen and oxygen atoms in total. The molecule has 0 aliphatic heterocycles. The normalized spacial score (nSPS) is 13.3.